The van der Waals surface area contributed by atoms with E-state index in [9.17, 15) is 23.1 Å². The number of aliphatic hydroxyl groups is 1. The maximum absolute atomic E-state index is 13.7. The second-order valence-corrected chi connectivity index (χ2v) is 14.2. The lowest BCUT2D eigenvalue weighted by atomic mass is 9.77. The second-order valence-electron chi connectivity index (χ2n) is 11.6. The Morgan fingerprint density at radius 3 is 2.33 bits per heavy atom. The number of benzene rings is 3. The van der Waals surface area contributed by atoms with E-state index in [0.29, 0.717) is 10.0 Å². The number of ether oxygens (including phenoxy) is 1. The van der Waals surface area contributed by atoms with E-state index in [1.54, 1.807) is 25.1 Å². The first-order valence-electron chi connectivity index (χ1n) is 14.9. The molecule has 3 aromatic carbocycles. The summed E-state index contributed by atoms with van der Waals surface area (Å²) in [4.78, 5) is 26.7. The molecule has 4 atom stereocenters. The van der Waals surface area contributed by atoms with Gasteiger partial charge < -0.3 is 9.84 Å². The number of sulfonamides is 1. The van der Waals surface area contributed by atoms with E-state index in [2.05, 4.69) is 4.72 Å². The number of hydrogen-bond acceptors (Lipinski definition) is 7. The van der Waals surface area contributed by atoms with Crippen molar-refractivity contribution in [1.82, 2.24) is 9.73 Å². The van der Waals surface area contributed by atoms with Gasteiger partial charge in [-0.3, -0.25) is 9.59 Å². The predicted molar refractivity (Wildman–Crippen MR) is 178 cm³/mol. The third kappa shape index (κ3) is 7.53. The van der Waals surface area contributed by atoms with Gasteiger partial charge in [0.2, 0.25) is 10.0 Å². The maximum atomic E-state index is 13.7. The number of rotatable bonds is 9. The number of carbonyl (C=O) groups excluding carboxylic acids is 2. The van der Waals surface area contributed by atoms with Crippen LogP contribution in [0.3, 0.4) is 0 Å². The average molecular weight is 685 g/mol. The van der Waals surface area contributed by atoms with Gasteiger partial charge in [-0.15, -0.1) is 0 Å². The standard InChI is InChI=1S/C34H35Cl2N3O6S/c1-20-7-16-28(17-21(20)2)46(43,44)38-31(22(3)40)34(42)45-19-30(41)39-33(24-10-14-27(36)15-11-24)29-6-4-5-25(32(29)37-39)18-23-8-12-26(35)13-9-23/h7-18,22,29,31,33,38,40H,4-6,19H2,1-3H3/b25-18+/t22-,29+,31+,33+/m0/s1. The third-order valence-corrected chi connectivity index (χ3v) is 10.3. The first-order chi connectivity index (χ1) is 21.8. The van der Waals surface area contributed by atoms with E-state index in [1.165, 1.54) is 24.1 Å². The maximum Gasteiger partial charge on any atom is 0.327 e. The first kappa shape index (κ1) is 33.8. The van der Waals surface area contributed by atoms with E-state index < -0.39 is 46.7 Å². The molecule has 242 valence electrons. The number of esters is 1. The average Bonchev–Trinajstić information content (AvgIpc) is 3.42. The Balaban J connectivity index is 1.37. The number of hydrogen-bond donors (Lipinski definition) is 2. The molecule has 1 aliphatic carbocycles. The summed E-state index contributed by atoms with van der Waals surface area (Å²) in [6.07, 6.45) is 3.06. The molecule has 12 heteroatoms. The van der Waals surface area contributed by atoms with Gasteiger partial charge in [-0.1, -0.05) is 53.5 Å². The van der Waals surface area contributed by atoms with Gasteiger partial charge in [-0.2, -0.15) is 9.82 Å². The van der Waals surface area contributed by atoms with Crippen molar-refractivity contribution >= 4 is 56.9 Å². The van der Waals surface area contributed by atoms with Crippen LogP contribution in [-0.2, 0) is 24.3 Å². The molecule has 1 heterocycles. The van der Waals surface area contributed by atoms with Crippen molar-refractivity contribution in [2.24, 2.45) is 11.0 Å². The van der Waals surface area contributed by atoms with Crippen molar-refractivity contribution in [1.29, 1.82) is 0 Å². The van der Waals surface area contributed by atoms with Crippen molar-refractivity contribution < 1.29 is 27.9 Å². The molecule has 5 rings (SSSR count). The van der Waals surface area contributed by atoms with E-state index in [4.69, 9.17) is 33.0 Å². The largest absolute Gasteiger partial charge is 0.454 e. The highest BCUT2D eigenvalue weighted by Crippen LogP contribution is 2.44. The fourth-order valence-electron chi connectivity index (χ4n) is 5.71. The highest BCUT2D eigenvalue weighted by atomic mass is 35.5. The molecule has 0 saturated heterocycles. The molecule has 0 unspecified atom stereocenters. The smallest absolute Gasteiger partial charge is 0.327 e. The van der Waals surface area contributed by atoms with Gasteiger partial charge in [-0.05, 0) is 110 Å². The van der Waals surface area contributed by atoms with Gasteiger partial charge in [-0.25, -0.2) is 13.4 Å². The van der Waals surface area contributed by atoms with E-state index in [1.807, 2.05) is 49.4 Å². The molecule has 2 aliphatic rings. The lowest BCUT2D eigenvalue weighted by Gasteiger charge is -2.29. The number of halogens is 2. The normalized spacial score (nSPS) is 20.2. The summed E-state index contributed by atoms with van der Waals surface area (Å²) >= 11 is 12.2. The van der Waals surface area contributed by atoms with E-state index in [-0.39, 0.29) is 10.8 Å². The third-order valence-electron chi connectivity index (χ3n) is 8.32. The zero-order chi connectivity index (χ0) is 33.2. The molecule has 3 aromatic rings. The Morgan fingerprint density at radius 1 is 1.04 bits per heavy atom. The molecule has 0 bridgehead atoms. The number of aryl methyl sites for hydroxylation is 2. The minimum absolute atomic E-state index is 0.0612. The summed E-state index contributed by atoms with van der Waals surface area (Å²) in [5.41, 5.74) is 5.21. The quantitative estimate of drug-likeness (QED) is 0.266. The molecule has 0 spiro atoms. The van der Waals surface area contributed by atoms with E-state index >= 15 is 0 Å². The summed E-state index contributed by atoms with van der Waals surface area (Å²) in [5, 5.41) is 17.6. The van der Waals surface area contributed by atoms with Gasteiger partial charge in [0.15, 0.2) is 6.61 Å². The van der Waals surface area contributed by atoms with Crippen LogP contribution in [0.15, 0.2) is 82.3 Å². The summed E-state index contributed by atoms with van der Waals surface area (Å²) < 4.78 is 33.7. The van der Waals surface area contributed by atoms with Gasteiger partial charge in [0.1, 0.15) is 6.04 Å². The van der Waals surface area contributed by atoms with Crippen LogP contribution in [0.25, 0.3) is 6.08 Å². The highest BCUT2D eigenvalue weighted by molar-refractivity contribution is 7.89. The van der Waals surface area contributed by atoms with Gasteiger partial charge >= 0.3 is 5.97 Å². The number of fused-ring (bicyclic) bond motifs is 1. The molecule has 0 aromatic heterocycles. The van der Waals surface area contributed by atoms with Gasteiger partial charge in [0, 0.05) is 16.0 Å². The molecule has 2 N–H and O–H groups in total. The number of carbonyl (C=O) groups is 2. The van der Waals surface area contributed by atoms with Crippen LogP contribution in [-0.4, -0.2) is 54.9 Å². The van der Waals surface area contributed by atoms with Gasteiger partial charge in [0.05, 0.1) is 22.8 Å². The Bertz CT molecular complexity index is 1790. The second kappa shape index (κ2) is 14.1. The minimum atomic E-state index is -4.19. The lowest BCUT2D eigenvalue weighted by molar-refractivity contribution is -0.156. The topological polar surface area (TPSA) is 125 Å². The molecule has 1 aliphatic heterocycles. The summed E-state index contributed by atoms with van der Waals surface area (Å²) in [5.74, 6) is -1.79. The van der Waals surface area contributed by atoms with Gasteiger partial charge in [0.25, 0.3) is 5.91 Å². The van der Waals surface area contributed by atoms with Crippen LogP contribution in [0.1, 0.15) is 54.5 Å². The van der Waals surface area contributed by atoms with Crippen LogP contribution in [0, 0.1) is 19.8 Å². The van der Waals surface area contributed by atoms with Crippen molar-refractivity contribution in [3.05, 3.63) is 105 Å². The molecule has 1 amide bonds. The molecular formula is C34H35Cl2N3O6S. The summed E-state index contributed by atoms with van der Waals surface area (Å²) in [6.45, 7) is 4.17. The number of aliphatic hydroxyl groups excluding tert-OH is 1. The van der Waals surface area contributed by atoms with Crippen molar-refractivity contribution in [2.45, 2.75) is 63.1 Å². The molecule has 1 fully saturated rings. The summed E-state index contributed by atoms with van der Waals surface area (Å²) in [6, 6.07) is 17.1. The Labute approximate surface area is 278 Å². The Morgan fingerprint density at radius 2 is 1.70 bits per heavy atom. The fraction of sp³-hybridized carbons (Fsp3) is 0.324. The van der Waals surface area contributed by atoms with Crippen LogP contribution in [0.2, 0.25) is 10.0 Å². The predicted octanol–water partition coefficient (Wildman–Crippen LogP) is 6.00. The number of hydrazone groups is 1. The molecule has 0 radical (unpaired) electrons. The number of allylic oxidation sites excluding steroid dienone is 1. The van der Waals surface area contributed by atoms with Crippen LogP contribution >= 0.6 is 23.2 Å². The minimum Gasteiger partial charge on any atom is -0.454 e. The molecule has 1 saturated carbocycles. The van der Waals surface area contributed by atoms with Crippen molar-refractivity contribution in [3.8, 4) is 0 Å². The van der Waals surface area contributed by atoms with Crippen LogP contribution in [0.5, 0.6) is 0 Å². The van der Waals surface area contributed by atoms with Crippen LogP contribution in [0.4, 0.5) is 0 Å². The Kier molecular flexibility index (Phi) is 10.3. The zero-order valence-electron chi connectivity index (χ0n) is 25.6. The highest BCUT2D eigenvalue weighted by Gasteiger charge is 2.44. The van der Waals surface area contributed by atoms with E-state index in [0.717, 1.165) is 52.8 Å². The molecular weight excluding hydrogens is 649 g/mol. The first-order valence-corrected chi connectivity index (χ1v) is 17.1. The number of nitrogens with zero attached hydrogens (tertiary/aromatic N) is 2. The lowest BCUT2D eigenvalue weighted by Crippen LogP contribution is -2.49. The van der Waals surface area contributed by atoms with Crippen LogP contribution < -0.4 is 4.72 Å². The fourth-order valence-corrected chi connectivity index (χ4v) is 7.30. The number of amides is 1. The monoisotopic (exact) mass is 683 g/mol. The summed E-state index contributed by atoms with van der Waals surface area (Å²) in [7, 11) is -4.19. The van der Waals surface area contributed by atoms with Crippen molar-refractivity contribution in [2.75, 3.05) is 6.61 Å². The Hall–Kier alpha value is -3.54. The van der Waals surface area contributed by atoms with Crippen molar-refractivity contribution in [3.63, 3.8) is 0 Å². The zero-order valence-corrected chi connectivity index (χ0v) is 27.9. The number of nitrogens with one attached hydrogen (secondary N) is 1. The molecule has 46 heavy (non-hydrogen) atoms. The SMILES string of the molecule is Cc1ccc(S(=O)(=O)N[C@@H](C(=O)OCC(=O)N2N=C3/C(=C/c4ccc(Cl)cc4)CCC[C@H]3[C@H]2c2ccc(Cl)cc2)[C@H](C)O)cc1C. The molecule has 9 nitrogen and oxygen atoms in total.